The summed E-state index contributed by atoms with van der Waals surface area (Å²) in [6, 6.07) is 3.93. The van der Waals surface area contributed by atoms with Crippen LogP contribution in [0.2, 0.25) is 0 Å². The molecule has 0 aromatic heterocycles. The van der Waals surface area contributed by atoms with Gasteiger partial charge in [0.05, 0.1) is 11.1 Å². The molecule has 2 N–H and O–H groups in total. The second-order valence-electron chi connectivity index (χ2n) is 9.67. The fraction of sp³-hybridized carbons (Fsp3) is 0.522. The quantitative estimate of drug-likeness (QED) is 0.661. The molecule has 2 unspecified atom stereocenters. The lowest BCUT2D eigenvalue weighted by atomic mass is 10.0. The smallest absolute Gasteiger partial charge is 0.410 e. The minimum atomic E-state index is -0.983. The van der Waals surface area contributed by atoms with Crippen molar-refractivity contribution in [3.63, 3.8) is 0 Å². The van der Waals surface area contributed by atoms with E-state index in [-0.39, 0.29) is 36.0 Å². The second kappa shape index (κ2) is 8.49. The Hall–Kier alpha value is -3.43. The third-order valence-electron chi connectivity index (χ3n) is 5.97. The van der Waals surface area contributed by atoms with Crippen molar-refractivity contribution in [1.29, 1.82) is 0 Å². The van der Waals surface area contributed by atoms with Crippen molar-refractivity contribution in [2.45, 2.75) is 51.7 Å². The van der Waals surface area contributed by atoms with Crippen molar-refractivity contribution in [3.8, 4) is 0 Å². The van der Waals surface area contributed by atoms with Gasteiger partial charge >= 0.3 is 6.09 Å². The number of likely N-dealkylation sites (tertiary alicyclic amines) is 1. The molecule has 10 nitrogen and oxygen atoms in total. The van der Waals surface area contributed by atoms with Crippen LogP contribution in [0.25, 0.3) is 0 Å². The third-order valence-corrected chi connectivity index (χ3v) is 5.97. The van der Waals surface area contributed by atoms with Crippen molar-refractivity contribution >= 4 is 35.4 Å². The molecule has 1 aromatic rings. The number of carbonyl (C=O) groups is 5. The van der Waals surface area contributed by atoms with Gasteiger partial charge in [-0.25, -0.2) is 4.79 Å². The second-order valence-corrected chi connectivity index (χ2v) is 9.67. The predicted molar refractivity (Wildman–Crippen MR) is 118 cm³/mol. The van der Waals surface area contributed by atoms with Gasteiger partial charge < -0.3 is 15.0 Å². The summed E-state index contributed by atoms with van der Waals surface area (Å²) in [4.78, 5) is 64.2. The van der Waals surface area contributed by atoms with Crippen LogP contribution in [0.3, 0.4) is 0 Å². The van der Waals surface area contributed by atoms with E-state index in [2.05, 4.69) is 10.6 Å². The molecule has 10 heteroatoms. The van der Waals surface area contributed by atoms with Gasteiger partial charge in [0.2, 0.25) is 11.8 Å². The number of amides is 5. The van der Waals surface area contributed by atoms with Crippen LogP contribution in [0.5, 0.6) is 0 Å². The highest BCUT2D eigenvalue weighted by Gasteiger charge is 2.44. The van der Waals surface area contributed by atoms with E-state index in [1.165, 1.54) is 0 Å². The van der Waals surface area contributed by atoms with Gasteiger partial charge in [-0.3, -0.25) is 29.4 Å². The van der Waals surface area contributed by atoms with Gasteiger partial charge in [0.15, 0.2) is 0 Å². The summed E-state index contributed by atoms with van der Waals surface area (Å²) >= 11 is 0. The first kappa shape index (κ1) is 22.8. The number of hydrogen-bond donors (Lipinski definition) is 2. The Kier molecular flexibility index (Phi) is 5.85. The molecule has 0 bridgehead atoms. The fourth-order valence-electron chi connectivity index (χ4n) is 4.33. The van der Waals surface area contributed by atoms with Gasteiger partial charge in [-0.2, -0.15) is 0 Å². The average Bonchev–Trinajstić information content (AvgIpc) is 3.30. The summed E-state index contributed by atoms with van der Waals surface area (Å²) in [5, 5.41) is 5.47. The number of imide groups is 2. The molecule has 1 aromatic carbocycles. The number of fused-ring (bicyclic) bond motifs is 1. The van der Waals surface area contributed by atoms with Crippen LogP contribution in [0.1, 0.15) is 60.7 Å². The Bertz CT molecular complexity index is 1030. The molecular formula is C23H28N4O6. The van der Waals surface area contributed by atoms with Crippen molar-refractivity contribution in [2.24, 2.45) is 5.92 Å². The molecule has 5 amide bonds. The zero-order valence-electron chi connectivity index (χ0n) is 19.0. The van der Waals surface area contributed by atoms with Crippen LogP contribution in [-0.2, 0) is 14.3 Å². The Balaban J connectivity index is 1.37. The Labute approximate surface area is 191 Å². The monoisotopic (exact) mass is 456 g/mol. The van der Waals surface area contributed by atoms with Crippen LogP contribution in [0, 0.1) is 5.92 Å². The largest absolute Gasteiger partial charge is 0.444 e. The van der Waals surface area contributed by atoms with E-state index >= 15 is 0 Å². The van der Waals surface area contributed by atoms with Crippen LogP contribution >= 0.6 is 0 Å². The first-order chi connectivity index (χ1) is 15.5. The van der Waals surface area contributed by atoms with E-state index in [0.29, 0.717) is 25.3 Å². The summed E-state index contributed by atoms with van der Waals surface area (Å²) < 4.78 is 5.42. The van der Waals surface area contributed by atoms with Crippen LogP contribution < -0.4 is 10.6 Å². The summed E-state index contributed by atoms with van der Waals surface area (Å²) in [6.07, 6.45) is 0.716. The Morgan fingerprint density at radius 1 is 1.12 bits per heavy atom. The average molecular weight is 456 g/mol. The van der Waals surface area contributed by atoms with E-state index in [4.69, 9.17) is 4.74 Å². The molecule has 0 aliphatic carbocycles. The lowest BCUT2D eigenvalue weighted by Gasteiger charge is -2.27. The molecule has 2 saturated heterocycles. The summed E-state index contributed by atoms with van der Waals surface area (Å²) in [6.45, 7) is 7.30. The van der Waals surface area contributed by atoms with Gasteiger partial charge in [-0.05, 0) is 57.7 Å². The lowest BCUT2D eigenvalue weighted by Crippen LogP contribution is -2.54. The van der Waals surface area contributed by atoms with E-state index in [1.54, 1.807) is 23.1 Å². The SMILES string of the molecule is CC(C)(C)OC(=O)N1CCC(CNc2ccc3c(c2)C(=O)N(C2CCC(=O)NC2=O)C3=O)C1. The van der Waals surface area contributed by atoms with Crippen LogP contribution in [0.15, 0.2) is 18.2 Å². The summed E-state index contributed by atoms with van der Waals surface area (Å²) in [5.74, 6) is -1.88. The molecule has 3 heterocycles. The molecule has 2 atom stereocenters. The molecule has 0 spiro atoms. The number of ether oxygens (including phenoxy) is 1. The normalized spacial score (nSPS) is 23.0. The topological polar surface area (TPSA) is 125 Å². The number of nitrogens with one attached hydrogen (secondary N) is 2. The molecule has 176 valence electrons. The predicted octanol–water partition coefficient (Wildman–Crippen LogP) is 1.76. The number of benzene rings is 1. The lowest BCUT2D eigenvalue weighted by molar-refractivity contribution is -0.136. The minimum absolute atomic E-state index is 0.0817. The van der Waals surface area contributed by atoms with Gasteiger partial charge in [0.25, 0.3) is 11.8 Å². The number of anilines is 1. The first-order valence-corrected chi connectivity index (χ1v) is 11.1. The van der Waals surface area contributed by atoms with Crippen molar-refractivity contribution in [1.82, 2.24) is 15.1 Å². The highest BCUT2D eigenvalue weighted by atomic mass is 16.6. The van der Waals surface area contributed by atoms with Gasteiger partial charge in [0, 0.05) is 31.7 Å². The van der Waals surface area contributed by atoms with E-state index in [1.807, 2.05) is 20.8 Å². The van der Waals surface area contributed by atoms with Crippen molar-refractivity contribution in [3.05, 3.63) is 29.3 Å². The molecule has 33 heavy (non-hydrogen) atoms. The third kappa shape index (κ3) is 4.69. The first-order valence-electron chi connectivity index (χ1n) is 11.1. The number of nitrogens with zero attached hydrogens (tertiary/aromatic N) is 2. The molecule has 3 aliphatic rings. The van der Waals surface area contributed by atoms with Crippen molar-refractivity contribution in [2.75, 3.05) is 25.0 Å². The Morgan fingerprint density at radius 2 is 1.85 bits per heavy atom. The number of hydrogen-bond acceptors (Lipinski definition) is 7. The maximum absolute atomic E-state index is 12.9. The molecule has 2 fully saturated rings. The number of carbonyl (C=O) groups excluding carboxylic acids is 5. The van der Waals surface area contributed by atoms with Crippen LogP contribution in [-0.4, -0.2) is 70.8 Å². The fourth-order valence-corrected chi connectivity index (χ4v) is 4.33. The zero-order valence-corrected chi connectivity index (χ0v) is 19.0. The van der Waals surface area contributed by atoms with Crippen LogP contribution in [0.4, 0.5) is 10.5 Å². The zero-order chi connectivity index (χ0) is 23.9. The molecule has 0 saturated carbocycles. The van der Waals surface area contributed by atoms with E-state index in [0.717, 1.165) is 11.3 Å². The van der Waals surface area contributed by atoms with E-state index in [9.17, 15) is 24.0 Å². The maximum Gasteiger partial charge on any atom is 0.410 e. The van der Waals surface area contributed by atoms with Crippen molar-refractivity contribution < 1.29 is 28.7 Å². The maximum atomic E-state index is 12.9. The van der Waals surface area contributed by atoms with Gasteiger partial charge in [0.1, 0.15) is 11.6 Å². The van der Waals surface area contributed by atoms with Gasteiger partial charge in [-0.15, -0.1) is 0 Å². The molecule has 0 radical (unpaired) electrons. The summed E-state index contributed by atoms with van der Waals surface area (Å²) in [7, 11) is 0. The number of piperidine rings is 1. The number of rotatable bonds is 4. The highest BCUT2D eigenvalue weighted by molar-refractivity contribution is 6.23. The Morgan fingerprint density at radius 3 is 2.55 bits per heavy atom. The standard InChI is InChI=1S/C23H28N4O6/c1-23(2,3)33-22(32)26-9-8-13(12-26)11-24-14-4-5-15-16(10-14)21(31)27(20(15)30)17-6-7-18(28)25-19(17)29/h4-5,10,13,17,24H,6-9,11-12H2,1-3H3,(H,25,28,29). The minimum Gasteiger partial charge on any atom is -0.444 e. The molecular weight excluding hydrogens is 428 g/mol. The summed E-state index contributed by atoms with van der Waals surface area (Å²) in [5.41, 5.74) is 0.614. The van der Waals surface area contributed by atoms with Gasteiger partial charge in [-0.1, -0.05) is 0 Å². The highest BCUT2D eigenvalue weighted by Crippen LogP contribution is 2.30. The molecule has 4 rings (SSSR count). The molecule has 3 aliphatic heterocycles. The van der Waals surface area contributed by atoms with E-state index < -0.39 is 35.3 Å².